The second-order valence-corrected chi connectivity index (χ2v) is 4.23. The standard InChI is InChI=1S/C13H23NO3/c1-5-6-8-14(9-7-13(16)17-4)12(15)10-11(2)3/h10H,5-9H2,1-4H3. The summed E-state index contributed by atoms with van der Waals surface area (Å²) in [5.74, 6) is -0.307. The van der Waals surface area contributed by atoms with Crippen molar-refractivity contribution in [1.29, 1.82) is 0 Å². The van der Waals surface area contributed by atoms with Crippen LogP contribution < -0.4 is 0 Å². The Morgan fingerprint density at radius 1 is 1.24 bits per heavy atom. The van der Waals surface area contributed by atoms with Crippen molar-refractivity contribution < 1.29 is 14.3 Å². The van der Waals surface area contributed by atoms with Gasteiger partial charge in [0.1, 0.15) is 0 Å². The van der Waals surface area contributed by atoms with Gasteiger partial charge in [0.2, 0.25) is 5.91 Å². The molecule has 0 heterocycles. The van der Waals surface area contributed by atoms with Gasteiger partial charge < -0.3 is 9.64 Å². The Morgan fingerprint density at radius 3 is 2.35 bits per heavy atom. The highest BCUT2D eigenvalue weighted by atomic mass is 16.5. The minimum atomic E-state index is -0.281. The van der Waals surface area contributed by atoms with Gasteiger partial charge in [0.15, 0.2) is 0 Å². The van der Waals surface area contributed by atoms with Crippen molar-refractivity contribution in [2.45, 2.75) is 40.0 Å². The Balaban J connectivity index is 4.36. The number of esters is 1. The molecule has 0 aromatic heterocycles. The average molecular weight is 241 g/mol. The third kappa shape index (κ3) is 7.55. The van der Waals surface area contributed by atoms with Crippen molar-refractivity contribution in [2.24, 2.45) is 0 Å². The van der Waals surface area contributed by atoms with Gasteiger partial charge in [0.05, 0.1) is 13.5 Å². The molecule has 0 bridgehead atoms. The van der Waals surface area contributed by atoms with E-state index >= 15 is 0 Å². The van der Waals surface area contributed by atoms with Crippen LogP contribution in [0.1, 0.15) is 40.0 Å². The first-order valence-electron chi connectivity index (χ1n) is 6.01. The van der Waals surface area contributed by atoms with Crippen LogP contribution in [0.3, 0.4) is 0 Å². The molecule has 0 rings (SSSR count). The van der Waals surface area contributed by atoms with Crippen LogP contribution in [0.25, 0.3) is 0 Å². The Labute approximate surface area is 104 Å². The maximum atomic E-state index is 11.9. The van der Waals surface area contributed by atoms with Crippen LogP contribution in [0.15, 0.2) is 11.6 Å². The molecule has 98 valence electrons. The second kappa shape index (κ2) is 8.79. The van der Waals surface area contributed by atoms with Crippen molar-refractivity contribution in [3.05, 3.63) is 11.6 Å². The summed E-state index contributed by atoms with van der Waals surface area (Å²) in [7, 11) is 1.36. The lowest BCUT2D eigenvalue weighted by molar-refractivity contribution is -0.141. The summed E-state index contributed by atoms with van der Waals surface area (Å²) in [5.41, 5.74) is 0.967. The molecule has 17 heavy (non-hydrogen) atoms. The van der Waals surface area contributed by atoms with Crippen LogP contribution >= 0.6 is 0 Å². The first-order chi connectivity index (χ1) is 8.01. The Kier molecular flexibility index (Phi) is 8.11. The predicted octanol–water partition coefficient (Wildman–Crippen LogP) is 2.14. The van der Waals surface area contributed by atoms with Crippen molar-refractivity contribution in [3.8, 4) is 0 Å². The fourth-order valence-corrected chi connectivity index (χ4v) is 1.35. The molecule has 1 amide bonds. The molecular formula is C13H23NO3. The monoisotopic (exact) mass is 241 g/mol. The molecule has 0 atom stereocenters. The number of carbonyl (C=O) groups is 2. The Hall–Kier alpha value is -1.32. The number of carbonyl (C=O) groups excluding carboxylic acids is 2. The van der Waals surface area contributed by atoms with E-state index in [1.165, 1.54) is 7.11 Å². The number of allylic oxidation sites excluding steroid dienone is 1. The molecule has 0 aliphatic carbocycles. The van der Waals surface area contributed by atoms with Crippen molar-refractivity contribution >= 4 is 11.9 Å². The fourth-order valence-electron chi connectivity index (χ4n) is 1.35. The first-order valence-corrected chi connectivity index (χ1v) is 6.01. The fraction of sp³-hybridized carbons (Fsp3) is 0.692. The van der Waals surface area contributed by atoms with E-state index in [2.05, 4.69) is 11.7 Å². The number of hydrogen-bond donors (Lipinski definition) is 0. The van der Waals surface area contributed by atoms with E-state index < -0.39 is 0 Å². The number of hydrogen-bond acceptors (Lipinski definition) is 3. The summed E-state index contributed by atoms with van der Waals surface area (Å²) in [5, 5.41) is 0. The highest BCUT2D eigenvalue weighted by Gasteiger charge is 2.12. The van der Waals surface area contributed by atoms with Gasteiger partial charge in [0.25, 0.3) is 0 Å². The minimum Gasteiger partial charge on any atom is -0.469 e. The number of rotatable bonds is 7. The highest BCUT2D eigenvalue weighted by Crippen LogP contribution is 2.02. The van der Waals surface area contributed by atoms with Gasteiger partial charge in [-0.2, -0.15) is 0 Å². The van der Waals surface area contributed by atoms with E-state index in [-0.39, 0.29) is 18.3 Å². The van der Waals surface area contributed by atoms with Crippen LogP contribution in [0, 0.1) is 0 Å². The van der Waals surface area contributed by atoms with Gasteiger partial charge in [-0.15, -0.1) is 0 Å². The largest absolute Gasteiger partial charge is 0.469 e. The van der Waals surface area contributed by atoms with Crippen LogP contribution in [0.2, 0.25) is 0 Å². The molecule has 0 aliphatic heterocycles. The summed E-state index contributed by atoms with van der Waals surface area (Å²) in [6.45, 7) is 6.96. The van der Waals surface area contributed by atoms with Crippen molar-refractivity contribution in [3.63, 3.8) is 0 Å². The van der Waals surface area contributed by atoms with E-state index in [0.29, 0.717) is 13.1 Å². The quantitative estimate of drug-likeness (QED) is 0.507. The first kappa shape index (κ1) is 15.7. The molecule has 0 N–H and O–H groups in total. The van der Waals surface area contributed by atoms with E-state index in [0.717, 1.165) is 18.4 Å². The number of amides is 1. The number of ether oxygens (including phenoxy) is 1. The molecule has 0 aliphatic rings. The summed E-state index contributed by atoms with van der Waals surface area (Å²) in [4.78, 5) is 24.6. The summed E-state index contributed by atoms with van der Waals surface area (Å²) >= 11 is 0. The molecular weight excluding hydrogens is 218 g/mol. The SMILES string of the molecule is CCCCN(CCC(=O)OC)C(=O)C=C(C)C. The Bertz CT molecular complexity index is 280. The normalized spacial score (nSPS) is 9.65. The lowest BCUT2D eigenvalue weighted by Crippen LogP contribution is -2.33. The lowest BCUT2D eigenvalue weighted by Gasteiger charge is -2.20. The molecule has 0 aromatic rings. The number of nitrogens with zero attached hydrogens (tertiary/aromatic N) is 1. The van der Waals surface area contributed by atoms with Gasteiger partial charge in [-0.05, 0) is 20.3 Å². The Morgan fingerprint density at radius 2 is 1.88 bits per heavy atom. The molecule has 0 radical (unpaired) electrons. The molecule has 4 nitrogen and oxygen atoms in total. The maximum absolute atomic E-state index is 11.9. The van der Waals surface area contributed by atoms with Crippen LogP contribution in [0.5, 0.6) is 0 Å². The third-order valence-electron chi connectivity index (χ3n) is 2.32. The molecule has 4 heteroatoms. The zero-order valence-corrected chi connectivity index (χ0v) is 11.3. The van der Waals surface area contributed by atoms with Crippen LogP contribution in [0.4, 0.5) is 0 Å². The van der Waals surface area contributed by atoms with Crippen molar-refractivity contribution in [2.75, 3.05) is 20.2 Å². The van der Waals surface area contributed by atoms with Gasteiger partial charge in [0, 0.05) is 19.2 Å². The van der Waals surface area contributed by atoms with Crippen LogP contribution in [-0.4, -0.2) is 37.0 Å². The summed E-state index contributed by atoms with van der Waals surface area (Å²) in [6, 6.07) is 0. The highest BCUT2D eigenvalue weighted by molar-refractivity contribution is 5.88. The van der Waals surface area contributed by atoms with Crippen LogP contribution in [-0.2, 0) is 14.3 Å². The van der Waals surface area contributed by atoms with Gasteiger partial charge in [-0.1, -0.05) is 18.9 Å². The van der Waals surface area contributed by atoms with E-state index in [1.807, 2.05) is 13.8 Å². The van der Waals surface area contributed by atoms with E-state index in [4.69, 9.17) is 0 Å². The van der Waals surface area contributed by atoms with Crippen molar-refractivity contribution in [1.82, 2.24) is 4.90 Å². The minimum absolute atomic E-state index is 0.0256. The molecule has 0 fully saturated rings. The smallest absolute Gasteiger partial charge is 0.307 e. The maximum Gasteiger partial charge on any atom is 0.307 e. The number of unbranched alkanes of at least 4 members (excludes halogenated alkanes) is 1. The number of methoxy groups -OCH3 is 1. The molecule has 0 aromatic carbocycles. The topological polar surface area (TPSA) is 46.6 Å². The lowest BCUT2D eigenvalue weighted by atomic mass is 10.2. The third-order valence-corrected chi connectivity index (χ3v) is 2.32. The molecule has 0 spiro atoms. The molecule has 0 saturated carbocycles. The van der Waals surface area contributed by atoms with Gasteiger partial charge in [-0.25, -0.2) is 0 Å². The van der Waals surface area contributed by atoms with E-state index in [9.17, 15) is 9.59 Å². The zero-order chi connectivity index (χ0) is 13.3. The second-order valence-electron chi connectivity index (χ2n) is 4.23. The zero-order valence-electron chi connectivity index (χ0n) is 11.3. The molecule has 0 saturated heterocycles. The average Bonchev–Trinajstić information content (AvgIpc) is 2.27. The predicted molar refractivity (Wildman–Crippen MR) is 67.6 cm³/mol. The summed E-state index contributed by atoms with van der Waals surface area (Å²) < 4.78 is 4.57. The summed E-state index contributed by atoms with van der Waals surface area (Å²) in [6.07, 6.45) is 3.83. The van der Waals surface area contributed by atoms with Gasteiger partial charge >= 0.3 is 5.97 Å². The van der Waals surface area contributed by atoms with Gasteiger partial charge in [-0.3, -0.25) is 9.59 Å². The van der Waals surface area contributed by atoms with E-state index in [1.54, 1.807) is 11.0 Å². The molecule has 0 unspecified atom stereocenters.